The Hall–Kier alpha value is -0.0500. The van der Waals surface area contributed by atoms with Crippen molar-refractivity contribution in [2.75, 3.05) is 11.9 Å². The van der Waals surface area contributed by atoms with E-state index in [0.29, 0.717) is 0 Å². The van der Waals surface area contributed by atoms with Crippen LogP contribution in [0.5, 0.6) is 0 Å². The summed E-state index contributed by atoms with van der Waals surface area (Å²) in [5.74, 6) is 0. The summed E-state index contributed by atoms with van der Waals surface area (Å²) in [7, 11) is 0. The van der Waals surface area contributed by atoms with Gasteiger partial charge in [0.25, 0.3) is 0 Å². The van der Waals surface area contributed by atoms with Crippen LogP contribution in [0.4, 0.5) is 0 Å². The van der Waals surface area contributed by atoms with Crippen LogP contribution in [0.25, 0.3) is 0 Å². The van der Waals surface area contributed by atoms with Crippen molar-refractivity contribution in [3.05, 3.63) is 34.9 Å². The van der Waals surface area contributed by atoms with Gasteiger partial charge in [0.2, 0.25) is 0 Å². The average molecular weight is 248 g/mol. The van der Waals surface area contributed by atoms with Crippen LogP contribution < -0.4 is 0 Å². The molecule has 1 atom stereocenters. The largest absolute Gasteiger partial charge is 0.364 e. The highest BCUT2D eigenvalue weighted by Gasteiger charge is 2.45. The molecule has 0 bridgehead atoms. The monoisotopic (exact) mass is 246 g/mol. The van der Waals surface area contributed by atoms with Gasteiger partial charge in [-0.15, -0.1) is 0 Å². The zero-order valence-corrected chi connectivity index (χ0v) is 8.73. The molecular formula is C9H8BrClO. The van der Waals surface area contributed by atoms with E-state index < -0.39 is 0 Å². The first-order valence-electron chi connectivity index (χ1n) is 3.73. The lowest BCUT2D eigenvalue weighted by Crippen LogP contribution is -2.09. The first kappa shape index (κ1) is 8.54. The molecule has 0 spiro atoms. The third-order valence-corrected chi connectivity index (χ3v) is 3.24. The summed E-state index contributed by atoms with van der Waals surface area (Å²) >= 11 is 9.20. The number of halogens is 2. The standard InChI is InChI=1S/C9H8BrClO/c10-5-9(6-12-9)7-1-3-8(11)4-2-7/h1-4H,5-6H2. The summed E-state index contributed by atoms with van der Waals surface area (Å²) in [6, 6.07) is 7.80. The summed E-state index contributed by atoms with van der Waals surface area (Å²) in [6.07, 6.45) is 0. The van der Waals surface area contributed by atoms with Crippen LogP contribution >= 0.6 is 27.5 Å². The number of hydrogen-bond donors (Lipinski definition) is 0. The van der Waals surface area contributed by atoms with Crippen LogP contribution in [0.1, 0.15) is 5.56 Å². The second-order valence-corrected chi connectivity index (χ2v) is 3.92. The minimum absolute atomic E-state index is 0.0649. The minimum atomic E-state index is -0.0649. The molecule has 2 rings (SSSR count). The van der Waals surface area contributed by atoms with Crippen molar-refractivity contribution in [1.82, 2.24) is 0 Å². The zero-order chi connectivity index (χ0) is 8.60. The zero-order valence-electron chi connectivity index (χ0n) is 6.39. The normalized spacial score (nSPS) is 27.2. The first-order valence-corrected chi connectivity index (χ1v) is 5.23. The Morgan fingerprint density at radius 3 is 2.42 bits per heavy atom. The van der Waals surface area contributed by atoms with Crippen molar-refractivity contribution in [1.29, 1.82) is 0 Å². The fourth-order valence-corrected chi connectivity index (χ4v) is 1.94. The van der Waals surface area contributed by atoms with Crippen LogP contribution in [0.2, 0.25) is 5.02 Å². The van der Waals surface area contributed by atoms with Crippen molar-refractivity contribution in [2.45, 2.75) is 5.60 Å². The number of alkyl halides is 1. The summed E-state index contributed by atoms with van der Waals surface area (Å²) in [4.78, 5) is 0. The minimum Gasteiger partial charge on any atom is -0.364 e. The Balaban J connectivity index is 2.29. The molecule has 0 amide bonds. The molecule has 1 fully saturated rings. The quantitative estimate of drug-likeness (QED) is 0.578. The van der Waals surface area contributed by atoms with Gasteiger partial charge in [-0.1, -0.05) is 39.7 Å². The highest BCUT2D eigenvalue weighted by molar-refractivity contribution is 9.09. The maximum absolute atomic E-state index is 5.77. The predicted octanol–water partition coefficient (Wildman–Crippen LogP) is 2.96. The van der Waals surface area contributed by atoms with Crippen molar-refractivity contribution < 1.29 is 4.74 Å². The van der Waals surface area contributed by atoms with Crippen LogP contribution in [-0.4, -0.2) is 11.9 Å². The molecule has 1 nitrogen and oxygen atoms in total. The van der Waals surface area contributed by atoms with Gasteiger partial charge in [0.1, 0.15) is 5.60 Å². The van der Waals surface area contributed by atoms with Gasteiger partial charge in [-0.2, -0.15) is 0 Å². The molecule has 1 aliphatic rings. The van der Waals surface area contributed by atoms with Gasteiger partial charge in [-0.25, -0.2) is 0 Å². The van der Waals surface area contributed by atoms with Crippen LogP contribution in [0, 0.1) is 0 Å². The van der Waals surface area contributed by atoms with Crippen LogP contribution in [0.3, 0.4) is 0 Å². The molecule has 1 aliphatic heterocycles. The van der Waals surface area contributed by atoms with Gasteiger partial charge in [0.05, 0.1) is 6.61 Å². The molecule has 64 valence electrons. The lowest BCUT2D eigenvalue weighted by atomic mass is 10.0. The van der Waals surface area contributed by atoms with E-state index in [1.165, 1.54) is 5.56 Å². The Morgan fingerprint density at radius 1 is 1.42 bits per heavy atom. The van der Waals surface area contributed by atoms with Gasteiger partial charge in [0, 0.05) is 10.4 Å². The van der Waals surface area contributed by atoms with E-state index in [4.69, 9.17) is 16.3 Å². The summed E-state index contributed by atoms with van der Waals surface area (Å²) in [5.41, 5.74) is 1.13. The molecule has 1 heterocycles. The molecule has 1 aromatic carbocycles. The summed E-state index contributed by atoms with van der Waals surface area (Å²) in [5, 5.41) is 1.62. The van der Waals surface area contributed by atoms with Crippen LogP contribution in [0.15, 0.2) is 24.3 Å². The number of rotatable bonds is 2. The van der Waals surface area contributed by atoms with Gasteiger partial charge >= 0.3 is 0 Å². The van der Waals surface area contributed by atoms with Crippen molar-refractivity contribution in [2.24, 2.45) is 0 Å². The lowest BCUT2D eigenvalue weighted by molar-refractivity contribution is 0.335. The molecular weight excluding hydrogens is 239 g/mol. The van der Waals surface area contributed by atoms with E-state index in [0.717, 1.165) is 17.0 Å². The number of hydrogen-bond acceptors (Lipinski definition) is 1. The summed E-state index contributed by atoms with van der Waals surface area (Å²) in [6.45, 7) is 0.805. The molecule has 12 heavy (non-hydrogen) atoms. The topological polar surface area (TPSA) is 12.5 Å². The van der Waals surface area contributed by atoms with E-state index in [1.54, 1.807) is 0 Å². The smallest absolute Gasteiger partial charge is 0.126 e. The highest BCUT2D eigenvalue weighted by Crippen LogP contribution is 2.40. The molecule has 0 aromatic heterocycles. The number of benzene rings is 1. The molecule has 1 aromatic rings. The highest BCUT2D eigenvalue weighted by atomic mass is 79.9. The fourth-order valence-electron chi connectivity index (χ4n) is 1.16. The summed E-state index contributed by atoms with van der Waals surface area (Å²) < 4.78 is 5.38. The van der Waals surface area contributed by atoms with E-state index in [2.05, 4.69) is 15.9 Å². The van der Waals surface area contributed by atoms with Gasteiger partial charge in [-0.05, 0) is 17.7 Å². The molecule has 1 saturated heterocycles. The molecule has 0 aliphatic carbocycles. The third-order valence-electron chi connectivity index (χ3n) is 2.08. The second-order valence-electron chi connectivity index (χ2n) is 2.92. The maximum atomic E-state index is 5.77. The van der Waals surface area contributed by atoms with E-state index >= 15 is 0 Å². The van der Waals surface area contributed by atoms with E-state index in [1.807, 2.05) is 24.3 Å². The predicted molar refractivity (Wildman–Crippen MR) is 52.9 cm³/mol. The Bertz CT molecular complexity index is 279. The Morgan fingerprint density at radius 2 is 2.00 bits per heavy atom. The molecule has 0 radical (unpaired) electrons. The Kier molecular flexibility index (Phi) is 2.15. The fraction of sp³-hybridized carbons (Fsp3) is 0.333. The molecule has 0 N–H and O–H groups in total. The van der Waals surface area contributed by atoms with E-state index in [9.17, 15) is 0 Å². The van der Waals surface area contributed by atoms with Crippen molar-refractivity contribution in [3.63, 3.8) is 0 Å². The molecule has 3 heteroatoms. The molecule has 1 unspecified atom stereocenters. The van der Waals surface area contributed by atoms with Gasteiger partial charge in [-0.3, -0.25) is 0 Å². The van der Waals surface area contributed by atoms with Gasteiger partial charge < -0.3 is 4.74 Å². The molecule has 0 saturated carbocycles. The maximum Gasteiger partial charge on any atom is 0.126 e. The van der Waals surface area contributed by atoms with E-state index in [-0.39, 0.29) is 5.60 Å². The number of ether oxygens (including phenoxy) is 1. The lowest BCUT2D eigenvalue weighted by Gasteiger charge is -2.07. The SMILES string of the molecule is Clc1ccc(C2(CBr)CO2)cc1. The third kappa shape index (κ3) is 1.39. The second kappa shape index (κ2) is 3.02. The Labute approximate surface area is 84.8 Å². The van der Waals surface area contributed by atoms with Crippen LogP contribution in [-0.2, 0) is 10.3 Å². The number of epoxide rings is 1. The first-order chi connectivity index (χ1) is 5.77. The van der Waals surface area contributed by atoms with Crippen molar-refractivity contribution in [3.8, 4) is 0 Å². The van der Waals surface area contributed by atoms with Crippen molar-refractivity contribution >= 4 is 27.5 Å². The van der Waals surface area contributed by atoms with Gasteiger partial charge in [0.15, 0.2) is 0 Å². The average Bonchev–Trinajstić information content (AvgIpc) is 2.86.